The molecule has 0 atom stereocenters. The van der Waals surface area contributed by atoms with Gasteiger partial charge in [-0.05, 0) is 26.2 Å². The van der Waals surface area contributed by atoms with E-state index in [2.05, 4.69) is 5.32 Å². The van der Waals surface area contributed by atoms with Gasteiger partial charge in [-0.2, -0.15) is 0 Å². The zero-order chi connectivity index (χ0) is 13.4. The third kappa shape index (κ3) is 5.89. The molecule has 1 aromatic carbocycles. The predicted molar refractivity (Wildman–Crippen MR) is 73.1 cm³/mol. The van der Waals surface area contributed by atoms with Crippen LogP contribution in [0.15, 0.2) is 24.3 Å². The van der Waals surface area contributed by atoms with Gasteiger partial charge in [0.05, 0.1) is 18.1 Å². The Morgan fingerprint density at radius 3 is 2.78 bits per heavy atom. The number of nitrogens with one attached hydrogen (secondary N) is 1. The number of hydrogen-bond donors (Lipinski definition) is 1. The van der Waals surface area contributed by atoms with Crippen molar-refractivity contribution in [2.45, 2.75) is 6.42 Å². The monoisotopic (exact) mass is 270 g/mol. The zero-order valence-electron chi connectivity index (χ0n) is 10.8. The highest BCUT2D eigenvalue weighted by Crippen LogP contribution is 2.22. The molecule has 1 amide bonds. The standard InChI is InChI=1S/C13H19ClN2O2/c1-16(2)9-8-15-13(17)7-10-18-12-6-4-3-5-11(12)14/h3-6H,7-10H2,1-2H3,(H,15,17). The highest BCUT2D eigenvalue weighted by molar-refractivity contribution is 6.32. The molecule has 0 unspecified atom stereocenters. The largest absolute Gasteiger partial charge is 0.491 e. The summed E-state index contributed by atoms with van der Waals surface area (Å²) in [7, 11) is 3.93. The van der Waals surface area contributed by atoms with Gasteiger partial charge in [0, 0.05) is 13.1 Å². The molecule has 0 spiro atoms. The molecule has 0 saturated heterocycles. The van der Waals surface area contributed by atoms with Crippen molar-refractivity contribution in [3.8, 4) is 5.75 Å². The van der Waals surface area contributed by atoms with Crippen LogP contribution in [0.1, 0.15) is 6.42 Å². The Morgan fingerprint density at radius 1 is 1.39 bits per heavy atom. The van der Waals surface area contributed by atoms with Crippen molar-refractivity contribution in [3.63, 3.8) is 0 Å². The van der Waals surface area contributed by atoms with Crippen molar-refractivity contribution in [1.29, 1.82) is 0 Å². The van der Waals surface area contributed by atoms with Crippen molar-refractivity contribution >= 4 is 17.5 Å². The Kier molecular flexibility index (Phi) is 6.54. The fourth-order valence-electron chi connectivity index (χ4n) is 1.32. The lowest BCUT2D eigenvalue weighted by atomic mass is 10.3. The van der Waals surface area contributed by atoms with E-state index < -0.39 is 0 Å². The molecule has 0 aliphatic carbocycles. The molecule has 5 heteroatoms. The van der Waals surface area contributed by atoms with E-state index in [-0.39, 0.29) is 5.91 Å². The second kappa shape index (κ2) is 7.95. The van der Waals surface area contributed by atoms with E-state index in [4.69, 9.17) is 16.3 Å². The molecule has 0 aromatic heterocycles. The molecule has 0 aliphatic rings. The Labute approximate surface area is 113 Å². The third-order valence-electron chi connectivity index (χ3n) is 2.30. The fourth-order valence-corrected chi connectivity index (χ4v) is 1.51. The molecule has 0 saturated carbocycles. The number of nitrogens with zero attached hydrogens (tertiary/aromatic N) is 1. The first-order valence-corrected chi connectivity index (χ1v) is 6.26. The molecule has 0 radical (unpaired) electrons. The Morgan fingerprint density at radius 2 is 2.11 bits per heavy atom. The van der Waals surface area contributed by atoms with Gasteiger partial charge in [-0.1, -0.05) is 23.7 Å². The molecule has 1 N–H and O–H groups in total. The van der Waals surface area contributed by atoms with Crippen LogP contribution in [0.25, 0.3) is 0 Å². The summed E-state index contributed by atoms with van der Waals surface area (Å²) in [5.74, 6) is 0.601. The number of hydrogen-bond acceptors (Lipinski definition) is 3. The van der Waals surface area contributed by atoms with Crippen LogP contribution < -0.4 is 10.1 Å². The van der Waals surface area contributed by atoms with Crippen LogP contribution in [0.5, 0.6) is 5.75 Å². The zero-order valence-corrected chi connectivity index (χ0v) is 11.5. The summed E-state index contributed by atoms with van der Waals surface area (Å²) in [5, 5.41) is 3.38. The van der Waals surface area contributed by atoms with Gasteiger partial charge < -0.3 is 15.0 Å². The molecule has 1 rings (SSSR count). The van der Waals surface area contributed by atoms with Gasteiger partial charge in [-0.25, -0.2) is 0 Å². The van der Waals surface area contributed by atoms with E-state index in [0.717, 1.165) is 6.54 Å². The summed E-state index contributed by atoms with van der Waals surface area (Å²) in [4.78, 5) is 13.5. The number of benzene rings is 1. The molecule has 0 fully saturated rings. The van der Waals surface area contributed by atoms with Gasteiger partial charge in [-0.15, -0.1) is 0 Å². The van der Waals surface area contributed by atoms with Gasteiger partial charge >= 0.3 is 0 Å². The second-order valence-electron chi connectivity index (χ2n) is 4.18. The van der Waals surface area contributed by atoms with Crippen LogP contribution >= 0.6 is 11.6 Å². The third-order valence-corrected chi connectivity index (χ3v) is 2.62. The van der Waals surface area contributed by atoms with Crippen LogP contribution in [-0.4, -0.2) is 44.6 Å². The Bertz CT molecular complexity index is 383. The van der Waals surface area contributed by atoms with Gasteiger partial charge in [0.1, 0.15) is 5.75 Å². The van der Waals surface area contributed by atoms with Crippen LogP contribution in [0.2, 0.25) is 5.02 Å². The first-order chi connectivity index (χ1) is 8.59. The van der Waals surface area contributed by atoms with Crippen LogP contribution in [0, 0.1) is 0 Å². The van der Waals surface area contributed by atoms with E-state index in [1.54, 1.807) is 12.1 Å². The van der Waals surface area contributed by atoms with Gasteiger partial charge in [0.15, 0.2) is 0 Å². The van der Waals surface area contributed by atoms with Gasteiger partial charge in [-0.3, -0.25) is 4.79 Å². The van der Waals surface area contributed by atoms with Gasteiger partial charge in [0.2, 0.25) is 5.91 Å². The minimum atomic E-state index is -0.0103. The predicted octanol–water partition coefficient (Wildman–Crippen LogP) is 1.79. The van der Waals surface area contributed by atoms with Crippen molar-refractivity contribution in [1.82, 2.24) is 10.2 Å². The van der Waals surface area contributed by atoms with Crippen molar-refractivity contribution in [3.05, 3.63) is 29.3 Å². The minimum absolute atomic E-state index is 0.0103. The maximum Gasteiger partial charge on any atom is 0.223 e. The molecule has 100 valence electrons. The van der Waals surface area contributed by atoms with Crippen LogP contribution in [-0.2, 0) is 4.79 Å². The second-order valence-corrected chi connectivity index (χ2v) is 4.59. The molecular weight excluding hydrogens is 252 g/mol. The summed E-state index contributed by atoms with van der Waals surface area (Å²) in [5.41, 5.74) is 0. The van der Waals surface area contributed by atoms with Crippen LogP contribution in [0.4, 0.5) is 0 Å². The smallest absolute Gasteiger partial charge is 0.223 e. The number of rotatable bonds is 7. The number of halogens is 1. The minimum Gasteiger partial charge on any atom is -0.491 e. The van der Waals surface area contributed by atoms with E-state index in [0.29, 0.717) is 30.3 Å². The molecule has 0 aliphatic heterocycles. The normalized spacial score (nSPS) is 10.4. The average Bonchev–Trinajstić information content (AvgIpc) is 2.31. The quantitative estimate of drug-likeness (QED) is 0.821. The molecule has 0 heterocycles. The first-order valence-electron chi connectivity index (χ1n) is 5.88. The molecule has 0 bridgehead atoms. The molecule has 4 nitrogen and oxygen atoms in total. The fraction of sp³-hybridized carbons (Fsp3) is 0.462. The summed E-state index contributed by atoms with van der Waals surface area (Å²) in [6.45, 7) is 1.81. The summed E-state index contributed by atoms with van der Waals surface area (Å²) in [6, 6.07) is 7.22. The van der Waals surface area contributed by atoms with E-state index in [1.165, 1.54) is 0 Å². The lowest BCUT2D eigenvalue weighted by molar-refractivity contribution is -0.121. The number of carbonyl (C=O) groups is 1. The topological polar surface area (TPSA) is 41.6 Å². The maximum atomic E-state index is 11.5. The van der Waals surface area contributed by atoms with E-state index in [1.807, 2.05) is 31.1 Å². The number of para-hydroxylation sites is 1. The van der Waals surface area contributed by atoms with Gasteiger partial charge in [0.25, 0.3) is 0 Å². The highest BCUT2D eigenvalue weighted by atomic mass is 35.5. The van der Waals surface area contributed by atoms with E-state index >= 15 is 0 Å². The Hall–Kier alpha value is -1.26. The number of carbonyl (C=O) groups excluding carboxylic acids is 1. The van der Waals surface area contributed by atoms with Crippen molar-refractivity contribution in [2.24, 2.45) is 0 Å². The summed E-state index contributed by atoms with van der Waals surface area (Å²) in [6.07, 6.45) is 0.332. The first kappa shape index (κ1) is 14.8. The van der Waals surface area contributed by atoms with E-state index in [9.17, 15) is 4.79 Å². The van der Waals surface area contributed by atoms with Crippen molar-refractivity contribution < 1.29 is 9.53 Å². The molecular formula is C13H19ClN2O2. The average molecular weight is 271 g/mol. The molecule has 18 heavy (non-hydrogen) atoms. The molecule has 1 aromatic rings. The van der Waals surface area contributed by atoms with Crippen LogP contribution in [0.3, 0.4) is 0 Å². The SMILES string of the molecule is CN(C)CCNC(=O)CCOc1ccccc1Cl. The number of ether oxygens (including phenoxy) is 1. The van der Waals surface area contributed by atoms with Crippen molar-refractivity contribution in [2.75, 3.05) is 33.8 Å². The Balaban J connectivity index is 2.18. The summed E-state index contributed by atoms with van der Waals surface area (Å²) < 4.78 is 5.43. The lowest BCUT2D eigenvalue weighted by Crippen LogP contribution is -2.32. The number of amides is 1. The summed E-state index contributed by atoms with van der Waals surface area (Å²) >= 11 is 5.93. The number of likely N-dealkylation sites (N-methyl/N-ethyl adjacent to an activating group) is 1. The maximum absolute atomic E-state index is 11.5. The lowest BCUT2D eigenvalue weighted by Gasteiger charge is -2.11. The highest BCUT2D eigenvalue weighted by Gasteiger charge is 2.03.